The summed E-state index contributed by atoms with van der Waals surface area (Å²) in [7, 11) is 0. The van der Waals surface area contributed by atoms with Crippen LogP contribution in [0.1, 0.15) is 17.3 Å². The van der Waals surface area contributed by atoms with Crippen molar-refractivity contribution in [2.24, 2.45) is 0 Å². The second-order valence-corrected chi connectivity index (χ2v) is 6.52. The van der Waals surface area contributed by atoms with Crippen molar-refractivity contribution in [2.45, 2.75) is 18.6 Å². The summed E-state index contributed by atoms with van der Waals surface area (Å²) in [6.45, 7) is 2.85. The largest absolute Gasteiger partial charge is 0.319 e. The van der Waals surface area contributed by atoms with Crippen molar-refractivity contribution < 1.29 is 4.79 Å². The van der Waals surface area contributed by atoms with Crippen LogP contribution in [0.3, 0.4) is 0 Å². The molecule has 0 aliphatic heterocycles. The lowest BCUT2D eigenvalue weighted by Crippen LogP contribution is -2.00. The molecule has 0 bridgehead atoms. The van der Waals surface area contributed by atoms with Crippen LogP contribution in [0.15, 0.2) is 71.9 Å². The molecule has 0 fully saturated rings. The third kappa shape index (κ3) is 2.59. The first kappa shape index (κ1) is 15.0. The average molecular weight is 332 g/mol. The van der Waals surface area contributed by atoms with Gasteiger partial charge in [0.2, 0.25) is 5.12 Å². The maximum Gasteiger partial charge on any atom is 0.227 e. The summed E-state index contributed by atoms with van der Waals surface area (Å²) in [6, 6.07) is 21.9. The van der Waals surface area contributed by atoms with Crippen molar-refractivity contribution in [1.29, 1.82) is 0 Å². The summed E-state index contributed by atoms with van der Waals surface area (Å²) in [5, 5.41) is 2.98. The number of carbonyl (C=O) groups is 1. The Morgan fingerprint density at radius 1 is 1.00 bits per heavy atom. The van der Waals surface area contributed by atoms with E-state index in [1.54, 1.807) is 0 Å². The van der Waals surface area contributed by atoms with E-state index in [9.17, 15) is 4.79 Å². The van der Waals surface area contributed by atoms with E-state index in [1.165, 1.54) is 11.8 Å². The van der Waals surface area contributed by atoms with E-state index >= 15 is 0 Å². The highest BCUT2D eigenvalue weighted by Gasteiger charge is 2.15. The third-order valence-corrected chi connectivity index (χ3v) is 5.02. The van der Waals surface area contributed by atoms with Crippen molar-refractivity contribution >= 4 is 38.7 Å². The summed E-state index contributed by atoms with van der Waals surface area (Å²) in [4.78, 5) is 17.3. The third-order valence-electron chi connectivity index (χ3n) is 4.10. The van der Waals surface area contributed by atoms with Gasteiger partial charge in [-0.2, -0.15) is 0 Å². The Morgan fingerprint density at radius 3 is 2.58 bits per heavy atom. The Labute approximate surface area is 144 Å². The van der Waals surface area contributed by atoms with E-state index in [2.05, 4.69) is 16.5 Å². The fourth-order valence-corrected chi connectivity index (χ4v) is 3.79. The van der Waals surface area contributed by atoms with E-state index in [0.717, 1.165) is 33.5 Å². The zero-order chi connectivity index (χ0) is 16.5. The van der Waals surface area contributed by atoms with E-state index in [-0.39, 0.29) is 5.12 Å². The van der Waals surface area contributed by atoms with Gasteiger partial charge in [0.1, 0.15) is 0 Å². The van der Waals surface area contributed by atoms with Crippen LogP contribution >= 0.6 is 11.8 Å². The van der Waals surface area contributed by atoms with E-state index in [0.29, 0.717) is 5.56 Å². The summed E-state index contributed by atoms with van der Waals surface area (Å²) >= 11 is 1.20. The van der Waals surface area contributed by atoms with Crippen LogP contribution < -0.4 is 0 Å². The van der Waals surface area contributed by atoms with Gasteiger partial charge in [-0.3, -0.25) is 4.79 Å². The first-order valence-electron chi connectivity index (χ1n) is 7.92. The summed E-state index contributed by atoms with van der Waals surface area (Å²) < 4.78 is 2.08. The lowest BCUT2D eigenvalue weighted by Gasteiger charge is -2.05. The van der Waals surface area contributed by atoms with Crippen molar-refractivity contribution in [2.75, 3.05) is 0 Å². The fraction of sp³-hybridized carbons (Fsp3) is 0.100. The summed E-state index contributed by atoms with van der Waals surface area (Å²) in [6.07, 6.45) is 0. The molecule has 24 heavy (non-hydrogen) atoms. The SMILES string of the molecule is CCn1c(SC(=O)c2ccc3ccccc3c2)nc2ccccc21. The zero-order valence-electron chi connectivity index (χ0n) is 13.3. The molecule has 1 heterocycles. The quantitative estimate of drug-likeness (QED) is 0.487. The molecule has 0 spiro atoms. The molecule has 0 N–H and O–H groups in total. The predicted octanol–water partition coefficient (Wildman–Crippen LogP) is 5.14. The number of hydrogen-bond donors (Lipinski definition) is 0. The second-order valence-electron chi connectivity index (χ2n) is 5.58. The number of hydrogen-bond acceptors (Lipinski definition) is 3. The average Bonchev–Trinajstić information content (AvgIpc) is 2.98. The van der Waals surface area contributed by atoms with Gasteiger partial charge in [0.25, 0.3) is 0 Å². The van der Waals surface area contributed by atoms with Crippen LogP contribution in [-0.4, -0.2) is 14.7 Å². The number of fused-ring (bicyclic) bond motifs is 2. The van der Waals surface area contributed by atoms with Gasteiger partial charge in [-0.25, -0.2) is 4.98 Å². The number of imidazole rings is 1. The van der Waals surface area contributed by atoms with Crippen molar-refractivity contribution in [3.05, 3.63) is 72.3 Å². The van der Waals surface area contributed by atoms with Gasteiger partial charge in [0.15, 0.2) is 5.16 Å². The number of nitrogens with zero attached hydrogens (tertiary/aromatic N) is 2. The fourth-order valence-electron chi connectivity index (χ4n) is 2.90. The first-order chi connectivity index (χ1) is 11.8. The van der Waals surface area contributed by atoms with Gasteiger partial charge >= 0.3 is 0 Å². The molecular weight excluding hydrogens is 316 g/mol. The topological polar surface area (TPSA) is 34.9 Å². The molecule has 3 nitrogen and oxygen atoms in total. The molecule has 0 aliphatic rings. The molecule has 3 aromatic carbocycles. The molecular formula is C20H16N2OS. The van der Waals surface area contributed by atoms with Crippen LogP contribution in [0.4, 0.5) is 0 Å². The highest BCUT2D eigenvalue weighted by molar-refractivity contribution is 8.14. The number of rotatable bonds is 3. The van der Waals surface area contributed by atoms with E-state index < -0.39 is 0 Å². The molecule has 0 amide bonds. The predicted molar refractivity (Wildman–Crippen MR) is 99.5 cm³/mol. The monoisotopic (exact) mass is 332 g/mol. The van der Waals surface area contributed by atoms with Crippen molar-refractivity contribution in [1.82, 2.24) is 9.55 Å². The van der Waals surface area contributed by atoms with Gasteiger partial charge in [-0.1, -0.05) is 42.5 Å². The molecule has 0 unspecified atom stereocenters. The molecule has 0 atom stereocenters. The zero-order valence-corrected chi connectivity index (χ0v) is 14.1. The lowest BCUT2D eigenvalue weighted by molar-refractivity contribution is 0.108. The summed E-state index contributed by atoms with van der Waals surface area (Å²) in [5.74, 6) is 0. The van der Waals surface area contributed by atoms with Crippen LogP contribution in [0.2, 0.25) is 0 Å². The van der Waals surface area contributed by atoms with Gasteiger partial charge in [0.05, 0.1) is 11.0 Å². The Kier molecular flexibility index (Phi) is 3.82. The van der Waals surface area contributed by atoms with Gasteiger partial charge < -0.3 is 4.57 Å². The highest BCUT2D eigenvalue weighted by atomic mass is 32.2. The number of aromatic nitrogens is 2. The van der Waals surface area contributed by atoms with Crippen molar-refractivity contribution in [3.8, 4) is 0 Å². The van der Waals surface area contributed by atoms with Crippen LogP contribution in [-0.2, 0) is 6.54 Å². The van der Waals surface area contributed by atoms with Gasteiger partial charge in [0, 0.05) is 12.1 Å². The number of para-hydroxylation sites is 2. The maximum absolute atomic E-state index is 12.7. The summed E-state index contributed by atoms with van der Waals surface area (Å²) in [5.41, 5.74) is 2.69. The Bertz CT molecular complexity index is 1050. The Hall–Kier alpha value is -2.59. The normalized spacial score (nSPS) is 11.2. The Balaban J connectivity index is 1.70. The minimum absolute atomic E-state index is 0.0192. The number of benzene rings is 3. The van der Waals surface area contributed by atoms with Crippen LogP contribution in [0.5, 0.6) is 0 Å². The molecule has 4 aromatic rings. The molecule has 118 valence electrons. The van der Waals surface area contributed by atoms with Gasteiger partial charge in [-0.05, 0) is 53.7 Å². The molecule has 1 aromatic heterocycles. The number of aryl methyl sites for hydroxylation is 1. The highest BCUT2D eigenvalue weighted by Crippen LogP contribution is 2.28. The van der Waals surface area contributed by atoms with Gasteiger partial charge in [-0.15, -0.1) is 0 Å². The van der Waals surface area contributed by atoms with E-state index in [1.807, 2.05) is 66.7 Å². The minimum atomic E-state index is 0.0192. The molecule has 0 radical (unpaired) electrons. The smallest absolute Gasteiger partial charge is 0.227 e. The standard InChI is InChI=1S/C20H16N2OS/c1-2-22-18-10-6-5-9-17(18)21-20(22)24-19(23)16-12-11-14-7-3-4-8-15(14)13-16/h3-13H,2H2,1H3. The first-order valence-corrected chi connectivity index (χ1v) is 8.74. The molecule has 0 saturated carbocycles. The molecule has 4 heteroatoms. The molecule has 0 saturated heterocycles. The van der Waals surface area contributed by atoms with Crippen LogP contribution in [0.25, 0.3) is 21.8 Å². The number of thioether (sulfide) groups is 1. The minimum Gasteiger partial charge on any atom is -0.319 e. The van der Waals surface area contributed by atoms with Crippen molar-refractivity contribution in [3.63, 3.8) is 0 Å². The Morgan fingerprint density at radius 2 is 1.75 bits per heavy atom. The molecule has 0 aliphatic carbocycles. The molecule has 4 rings (SSSR count). The maximum atomic E-state index is 12.7. The lowest BCUT2D eigenvalue weighted by atomic mass is 10.1. The number of carbonyl (C=O) groups excluding carboxylic acids is 1. The van der Waals surface area contributed by atoms with Crippen LogP contribution in [0, 0.1) is 0 Å². The van der Waals surface area contributed by atoms with E-state index in [4.69, 9.17) is 0 Å². The second kappa shape index (κ2) is 6.13.